The van der Waals surface area contributed by atoms with Gasteiger partial charge in [0.05, 0.1) is 21.2 Å². The fraction of sp³-hybridized carbons (Fsp3) is 0.207. The Hall–Kier alpha value is -3.68. The number of hydrogen-bond donors (Lipinski definition) is 2. The third-order valence-corrected chi connectivity index (χ3v) is 7.82. The number of carbonyl (C=O) groups excluding carboxylic acids is 2. The molecule has 1 atom stereocenters. The Labute approximate surface area is 228 Å². The van der Waals surface area contributed by atoms with Crippen LogP contribution in [0.25, 0.3) is 0 Å². The molecule has 0 aromatic heterocycles. The maximum Gasteiger partial charge on any atom is 0.331 e. The second-order valence-corrected chi connectivity index (χ2v) is 10.4. The molecule has 0 unspecified atom stereocenters. The molecule has 0 radical (unpaired) electrons. The second kappa shape index (κ2) is 10.2. The first kappa shape index (κ1) is 25.9. The van der Waals surface area contributed by atoms with E-state index in [4.69, 9.17) is 23.2 Å². The predicted molar refractivity (Wildman–Crippen MR) is 145 cm³/mol. The van der Waals surface area contributed by atoms with Gasteiger partial charge < -0.3 is 15.3 Å². The molecular weight excluding hydrogens is 530 g/mol. The van der Waals surface area contributed by atoms with Crippen molar-refractivity contribution in [1.82, 2.24) is 0 Å². The maximum atomic E-state index is 13.7. The number of allylic oxidation sites excluding steroid dienone is 1. The monoisotopic (exact) mass is 552 g/mol. The first-order valence-corrected chi connectivity index (χ1v) is 12.8. The van der Waals surface area contributed by atoms with Crippen molar-refractivity contribution in [3.63, 3.8) is 0 Å². The number of nitrogens with one attached hydrogen (secondary N) is 1. The Morgan fingerprint density at radius 1 is 0.947 bits per heavy atom. The Balaban J connectivity index is 1.40. The van der Waals surface area contributed by atoms with Crippen LogP contribution in [0.2, 0.25) is 10.0 Å². The Kier molecular flexibility index (Phi) is 6.99. The highest BCUT2D eigenvalue weighted by atomic mass is 35.5. The zero-order valence-corrected chi connectivity index (χ0v) is 21.7. The van der Waals surface area contributed by atoms with Crippen molar-refractivity contribution in [1.29, 1.82) is 0 Å². The molecular formula is C29H23Cl2FN2O4. The molecule has 0 saturated carbocycles. The number of fused-ring (bicyclic) bond motifs is 1. The highest BCUT2D eigenvalue weighted by Gasteiger charge is 2.39. The van der Waals surface area contributed by atoms with E-state index < -0.39 is 17.7 Å². The predicted octanol–water partition coefficient (Wildman–Crippen LogP) is 6.77. The van der Waals surface area contributed by atoms with Crippen LogP contribution in [-0.4, -0.2) is 29.4 Å². The lowest BCUT2D eigenvalue weighted by atomic mass is 9.79. The largest absolute Gasteiger partial charge is 0.478 e. The molecule has 0 fully saturated rings. The first-order valence-electron chi connectivity index (χ1n) is 12.1. The SMILES string of the molecule is O=C(O)C1=C[C@@]2(CC1)CCN(C(=O)c1ccc(NC(=O)c3cc(F)ccc3Cl)cc1Cl)c1ccccc1C2. The van der Waals surface area contributed by atoms with E-state index in [2.05, 4.69) is 5.32 Å². The minimum Gasteiger partial charge on any atom is -0.478 e. The molecule has 2 amide bonds. The number of benzene rings is 3. The van der Waals surface area contributed by atoms with Crippen LogP contribution >= 0.6 is 23.2 Å². The van der Waals surface area contributed by atoms with Crippen LogP contribution in [0.1, 0.15) is 45.5 Å². The Bertz CT molecular complexity index is 1510. The summed E-state index contributed by atoms with van der Waals surface area (Å²) in [7, 11) is 0. The van der Waals surface area contributed by atoms with Gasteiger partial charge in [-0.05, 0) is 79.1 Å². The summed E-state index contributed by atoms with van der Waals surface area (Å²) in [6.45, 7) is 0.395. The van der Waals surface area contributed by atoms with E-state index in [1.807, 2.05) is 30.3 Å². The molecule has 1 aliphatic heterocycles. The topological polar surface area (TPSA) is 86.7 Å². The van der Waals surface area contributed by atoms with Crippen molar-refractivity contribution >= 4 is 52.4 Å². The van der Waals surface area contributed by atoms with E-state index >= 15 is 0 Å². The summed E-state index contributed by atoms with van der Waals surface area (Å²) in [5.41, 5.74) is 2.38. The van der Waals surface area contributed by atoms with Crippen molar-refractivity contribution in [3.05, 3.63) is 105 Å². The number of hydrogen-bond acceptors (Lipinski definition) is 3. The molecule has 1 spiro atoms. The van der Waals surface area contributed by atoms with Gasteiger partial charge in [0, 0.05) is 23.5 Å². The molecule has 0 saturated heterocycles. The standard InChI is InChI=1S/C29H23Cl2FN2O4/c30-23-8-5-19(32)13-22(23)26(35)33-20-6-7-21(24(31)14-20)27(36)34-12-11-29(10-9-18(16-29)28(37)38)15-17-3-1-2-4-25(17)34/h1-8,13-14,16H,9-12,15H2,(H,33,35)(H,37,38)/t29-/m0/s1. The molecule has 3 aromatic rings. The fourth-order valence-corrected chi connectivity index (χ4v) is 5.71. The van der Waals surface area contributed by atoms with Gasteiger partial charge in [0.1, 0.15) is 5.82 Å². The number of nitrogens with zero attached hydrogens (tertiary/aromatic N) is 1. The third kappa shape index (κ3) is 5.04. The van der Waals surface area contributed by atoms with Gasteiger partial charge in [0.25, 0.3) is 11.8 Å². The van der Waals surface area contributed by atoms with E-state index in [1.54, 1.807) is 11.0 Å². The smallest absolute Gasteiger partial charge is 0.331 e. The zero-order chi connectivity index (χ0) is 27.0. The zero-order valence-electron chi connectivity index (χ0n) is 20.1. The number of carboxylic acids is 1. The fourth-order valence-electron chi connectivity index (χ4n) is 5.24. The average molecular weight is 553 g/mol. The minimum atomic E-state index is -0.897. The van der Waals surface area contributed by atoms with E-state index in [9.17, 15) is 23.9 Å². The average Bonchev–Trinajstić information content (AvgIpc) is 3.23. The Morgan fingerprint density at radius 3 is 2.47 bits per heavy atom. The minimum absolute atomic E-state index is 0.0231. The number of carbonyl (C=O) groups is 3. The summed E-state index contributed by atoms with van der Waals surface area (Å²) in [5.74, 6) is -2.40. The lowest BCUT2D eigenvalue weighted by molar-refractivity contribution is -0.132. The first-order chi connectivity index (χ1) is 18.2. The van der Waals surface area contributed by atoms with Crippen molar-refractivity contribution in [2.75, 3.05) is 16.8 Å². The molecule has 3 aromatic carbocycles. The molecule has 1 aliphatic carbocycles. The van der Waals surface area contributed by atoms with Gasteiger partial charge in [-0.2, -0.15) is 0 Å². The van der Waals surface area contributed by atoms with E-state index in [0.717, 1.165) is 29.8 Å². The summed E-state index contributed by atoms with van der Waals surface area (Å²) in [4.78, 5) is 39.6. The molecule has 1 heterocycles. The number of halogens is 3. The summed E-state index contributed by atoms with van der Waals surface area (Å²) in [6.07, 6.45) is 4.35. The van der Waals surface area contributed by atoms with E-state index in [0.29, 0.717) is 37.1 Å². The van der Waals surface area contributed by atoms with Crippen LogP contribution in [0.3, 0.4) is 0 Å². The third-order valence-electron chi connectivity index (χ3n) is 7.18. The molecule has 6 nitrogen and oxygen atoms in total. The maximum absolute atomic E-state index is 13.7. The van der Waals surface area contributed by atoms with Crippen LogP contribution in [-0.2, 0) is 11.2 Å². The van der Waals surface area contributed by atoms with Crippen LogP contribution in [0.15, 0.2) is 72.3 Å². The lowest BCUT2D eigenvalue weighted by Crippen LogP contribution is -2.33. The highest BCUT2D eigenvalue weighted by molar-refractivity contribution is 6.35. The van der Waals surface area contributed by atoms with Crippen LogP contribution in [0.5, 0.6) is 0 Å². The van der Waals surface area contributed by atoms with Gasteiger partial charge in [-0.1, -0.05) is 47.5 Å². The molecule has 2 N–H and O–H groups in total. The molecule has 5 rings (SSSR count). The number of aliphatic carboxylic acids is 1. The van der Waals surface area contributed by atoms with Gasteiger partial charge in [0.15, 0.2) is 0 Å². The molecule has 2 aliphatic rings. The quantitative estimate of drug-likeness (QED) is 0.374. The second-order valence-electron chi connectivity index (χ2n) is 9.62. The van der Waals surface area contributed by atoms with Crippen molar-refractivity contribution in [2.45, 2.75) is 25.7 Å². The molecule has 9 heteroatoms. The highest BCUT2D eigenvalue weighted by Crippen LogP contribution is 2.46. The summed E-state index contributed by atoms with van der Waals surface area (Å²) >= 11 is 12.5. The molecule has 0 bridgehead atoms. The van der Waals surface area contributed by atoms with Gasteiger partial charge >= 0.3 is 5.97 Å². The van der Waals surface area contributed by atoms with Crippen LogP contribution in [0.4, 0.5) is 15.8 Å². The number of para-hydroxylation sites is 1. The van der Waals surface area contributed by atoms with Crippen LogP contribution < -0.4 is 10.2 Å². The Morgan fingerprint density at radius 2 is 1.74 bits per heavy atom. The number of rotatable bonds is 4. The van der Waals surface area contributed by atoms with E-state index in [-0.39, 0.29) is 32.5 Å². The number of amides is 2. The van der Waals surface area contributed by atoms with E-state index in [1.165, 1.54) is 18.2 Å². The van der Waals surface area contributed by atoms with Gasteiger partial charge in [0.2, 0.25) is 0 Å². The summed E-state index contributed by atoms with van der Waals surface area (Å²) in [6, 6.07) is 15.7. The molecule has 194 valence electrons. The lowest BCUT2D eigenvalue weighted by Gasteiger charge is -2.26. The van der Waals surface area contributed by atoms with Gasteiger partial charge in [-0.3, -0.25) is 9.59 Å². The summed E-state index contributed by atoms with van der Waals surface area (Å²) < 4.78 is 13.6. The van der Waals surface area contributed by atoms with Crippen LogP contribution in [0, 0.1) is 11.2 Å². The van der Waals surface area contributed by atoms with Gasteiger partial charge in [-0.25, -0.2) is 9.18 Å². The summed E-state index contributed by atoms with van der Waals surface area (Å²) in [5, 5.41) is 12.4. The van der Waals surface area contributed by atoms with Crippen molar-refractivity contribution in [3.8, 4) is 0 Å². The van der Waals surface area contributed by atoms with Crippen molar-refractivity contribution < 1.29 is 23.9 Å². The van der Waals surface area contributed by atoms with Gasteiger partial charge in [-0.15, -0.1) is 0 Å². The number of anilines is 2. The molecule has 38 heavy (non-hydrogen) atoms. The normalized spacial score (nSPS) is 18.5. The van der Waals surface area contributed by atoms with Crippen molar-refractivity contribution in [2.24, 2.45) is 5.41 Å². The number of carboxylic acid groups (broad SMARTS) is 1.